The van der Waals surface area contributed by atoms with Crippen molar-refractivity contribution < 1.29 is 4.79 Å². The molecule has 4 rings (SSSR count). The third-order valence-corrected chi connectivity index (χ3v) is 5.34. The van der Waals surface area contributed by atoms with Crippen LogP contribution in [0.15, 0.2) is 18.3 Å². The molecule has 94 valence electrons. The van der Waals surface area contributed by atoms with Gasteiger partial charge in [-0.1, -0.05) is 11.6 Å². The molecule has 3 saturated carbocycles. The number of anilines is 1. The molecule has 3 aliphatic carbocycles. The van der Waals surface area contributed by atoms with Crippen LogP contribution in [-0.4, -0.2) is 10.9 Å². The van der Waals surface area contributed by atoms with E-state index in [4.69, 9.17) is 11.6 Å². The van der Waals surface area contributed by atoms with Crippen LogP contribution in [0.1, 0.15) is 19.3 Å². The largest absolute Gasteiger partial charge is 0.309 e. The summed E-state index contributed by atoms with van der Waals surface area (Å²) in [7, 11) is 0. The number of nitrogens with zero attached hydrogens (tertiary/aromatic N) is 1. The highest BCUT2D eigenvalue weighted by atomic mass is 35.5. The zero-order valence-electron chi connectivity index (χ0n) is 9.97. The Morgan fingerprint density at radius 3 is 2.72 bits per heavy atom. The number of halogens is 1. The van der Waals surface area contributed by atoms with Gasteiger partial charge in [0.1, 0.15) is 0 Å². The van der Waals surface area contributed by atoms with Gasteiger partial charge in [0.25, 0.3) is 0 Å². The van der Waals surface area contributed by atoms with Crippen LogP contribution in [0.4, 0.5) is 5.82 Å². The van der Waals surface area contributed by atoms with Gasteiger partial charge in [-0.05, 0) is 55.1 Å². The van der Waals surface area contributed by atoms with Gasteiger partial charge in [0.2, 0.25) is 5.91 Å². The molecule has 1 heterocycles. The Labute approximate surface area is 111 Å². The molecule has 0 aliphatic heterocycles. The lowest BCUT2D eigenvalue weighted by atomic mass is 10.0. The SMILES string of the molecule is O=C(Nc1ncccc1Cl)C1C2C3CCC(C3)C12. The summed E-state index contributed by atoms with van der Waals surface area (Å²) in [4.78, 5) is 16.4. The molecule has 1 aromatic rings. The van der Waals surface area contributed by atoms with E-state index in [0.29, 0.717) is 22.7 Å². The number of hydrogen-bond donors (Lipinski definition) is 1. The summed E-state index contributed by atoms with van der Waals surface area (Å²) >= 11 is 6.01. The van der Waals surface area contributed by atoms with E-state index in [1.807, 2.05) is 0 Å². The lowest BCUT2D eigenvalue weighted by Gasteiger charge is -2.09. The van der Waals surface area contributed by atoms with Crippen molar-refractivity contribution in [2.75, 3.05) is 5.32 Å². The van der Waals surface area contributed by atoms with Gasteiger partial charge in [0.15, 0.2) is 5.82 Å². The predicted octanol–water partition coefficient (Wildman–Crippen LogP) is 2.97. The van der Waals surface area contributed by atoms with Crippen molar-refractivity contribution in [2.24, 2.45) is 29.6 Å². The quantitative estimate of drug-likeness (QED) is 0.890. The number of carbonyl (C=O) groups excluding carboxylic acids is 1. The second-order valence-electron chi connectivity index (χ2n) is 5.84. The standard InChI is InChI=1S/C14H15ClN2O/c15-9-2-1-5-16-13(9)17-14(18)12-10-7-3-4-8(6-7)11(10)12/h1-2,5,7-8,10-12H,3-4,6H2,(H,16,17,18). The van der Waals surface area contributed by atoms with Crippen molar-refractivity contribution >= 4 is 23.3 Å². The van der Waals surface area contributed by atoms with Crippen LogP contribution >= 0.6 is 11.6 Å². The minimum absolute atomic E-state index is 0.127. The molecule has 3 fully saturated rings. The summed E-state index contributed by atoms with van der Waals surface area (Å²) in [5.41, 5.74) is 0. The normalized spacial score (nSPS) is 39.5. The van der Waals surface area contributed by atoms with E-state index in [-0.39, 0.29) is 11.8 Å². The summed E-state index contributed by atoms with van der Waals surface area (Å²) < 4.78 is 0. The first-order valence-corrected chi connectivity index (χ1v) is 7.05. The zero-order chi connectivity index (χ0) is 12.3. The van der Waals surface area contributed by atoms with E-state index < -0.39 is 0 Å². The molecule has 3 aliphatic rings. The molecule has 0 aromatic carbocycles. The van der Waals surface area contributed by atoms with E-state index in [2.05, 4.69) is 10.3 Å². The van der Waals surface area contributed by atoms with E-state index in [0.717, 1.165) is 11.8 Å². The minimum atomic E-state index is 0.127. The zero-order valence-corrected chi connectivity index (χ0v) is 10.7. The summed E-state index contributed by atoms with van der Waals surface area (Å²) in [6.07, 6.45) is 5.68. The number of hydrogen-bond acceptors (Lipinski definition) is 2. The van der Waals surface area contributed by atoms with E-state index in [9.17, 15) is 4.79 Å². The first-order chi connectivity index (χ1) is 8.75. The summed E-state index contributed by atoms with van der Waals surface area (Å²) in [5.74, 6) is 3.81. The second kappa shape index (κ2) is 3.70. The van der Waals surface area contributed by atoms with Crippen LogP contribution in [0.3, 0.4) is 0 Å². The Bertz CT molecular complexity index is 502. The number of rotatable bonds is 2. The fourth-order valence-corrected chi connectivity index (χ4v) is 4.52. The van der Waals surface area contributed by atoms with Gasteiger partial charge >= 0.3 is 0 Å². The molecule has 0 radical (unpaired) electrons. The molecular formula is C14H15ClN2O. The molecule has 1 N–H and O–H groups in total. The highest BCUT2D eigenvalue weighted by Gasteiger charge is 2.67. The third kappa shape index (κ3) is 1.43. The van der Waals surface area contributed by atoms with Crippen molar-refractivity contribution in [3.05, 3.63) is 23.4 Å². The van der Waals surface area contributed by atoms with E-state index >= 15 is 0 Å². The lowest BCUT2D eigenvalue weighted by molar-refractivity contribution is -0.118. The topological polar surface area (TPSA) is 42.0 Å². The Kier molecular flexibility index (Phi) is 2.22. The van der Waals surface area contributed by atoms with Crippen molar-refractivity contribution in [3.63, 3.8) is 0 Å². The smallest absolute Gasteiger partial charge is 0.229 e. The Morgan fingerprint density at radius 2 is 2.06 bits per heavy atom. The maximum atomic E-state index is 12.2. The minimum Gasteiger partial charge on any atom is -0.309 e. The van der Waals surface area contributed by atoms with Crippen molar-refractivity contribution in [1.82, 2.24) is 4.98 Å². The number of fused-ring (bicyclic) bond motifs is 5. The van der Waals surface area contributed by atoms with Gasteiger partial charge in [-0.15, -0.1) is 0 Å². The van der Waals surface area contributed by atoms with Crippen LogP contribution in [0.25, 0.3) is 0 Å². The van der Waals surface area contributed by atoms with Crippen molar-refractivity contribution in [2.45, 2.75) is 19.3 Å². The Hall–Kier alpha value is -1.09. The number of pyridine rings is 1. The van der Waals surface area contributed by atoms with Gasteiger partial charge in [0, 0.05) is 12.1 Å². The number of aromatic nitrogens is 1. The summed E-state index contributed by atoms with van der Waals surface area (Å²) in [5, 5.41) is 3.40. The highest BCUT2D eigenvalue weighted by Crippen LogP contribution is 2.69. The molecule has 18 heavy (non-hydrogen) atoms. The van der Waals surface area contributed by atoms with Crippen LogP contribution in [0.5, 0.6) is 0 Å². The Morgan fingerprint density at radius 1 is 1.33 bits per heavy atom. The van der Waals surface area contributed by atoms with Crippen LogP contribution in [0, 0.1) is 29.6 Å². The molecule has 4 unspecified atom stereocenters. The number of nitrogens with one attached hydrogen (secondary N) is 1. The number of amides is 1. The lowest BCUT2D eigenvalue weighted by Crippen LogP contribution is -2.19. The molecule has 2 bridgehead atoms. The average molecular weight is 263 g/mol. The molecule has 0 saturated heterocycles. The number of carbonyl (C=O) groups is 1. The molecule has 1 amide bonds. The predicted molar refractivity (Wildman–Crippen MR) is 69.2 cm³/mol. The molecule has 4 atom stereocenters. The average Bonchev–Trinajstić information content (AvgIpc) is 2.82. The van der Waals surface area contributed by atoms with Gasteiger partial charge < -0.3 is 5.32 Å². The van der Waals surface area contributed by atoms with Gasteiger partial charge in [-0.3, -0.25) is 4.79 Å². The monoisotopic (exact) mass is 262 g/mol. The second-order valence-corrected chi connectivity index (χ2v) is 6.24. The van der Waals surface area contributed by atoms with E-state index in [1.165, 1.54) is 19.3 Å². The maximum absolute atomic E-state index is 12.2. The third-order valence-electron chi connectivity index (χ3n) is 5.04. The van der Waals surface area contributed by atoms with Gasteiger partial charge in [-0.25, -0.2) is 4.98 Å². The van der Waals surface area contributed by atoms with Gasteiger partial charge in [-0.2, -0.15) is 0 Å². The summed E-state index contributed by atoms with van der Waals surface area (Å²) in [6, 6.07) is 3.52. The van der Waals surface area contributed by atoms with Crippen molar-refractivity contribution in [1.29, 1.82) is 0 Å². The first-order valence-electron chi connectivity index (χ1n) is 6.67. The van der Waals surface area contributed by atoms with Crippen molar-refractivity contribution in [3.8, 4) is 0 Å². The molecular weight excluding hydrogens is 248 g/mol. The van der Waals surface area contributed by atoms with Crippen LogP contribution in [0.2, 0.25) is 5.02 Å². The fraction of sp³-hybridized carbons (Fsp3) is 0.571. The highest BCUT2D eigenvalue weighted by molar-refractivity contribution is 6.33. The van der Waals surface area contributed by atoms with Crippen LogP contribution < -0.4 is 5.32 Å². The van der Waals surface area contributed by atoms with Crippen LogP contribution in [-0.2, 0) is 4.79 Å². The Balaban J connectivity index is 1.48. The molecule has 0 spiro atoms. The van der Waals surface area contributed by atoms with E-state index in [1.54, 1.807) is 18.3 Å². The molecule has 1 aromatic heterocycles. The maximum Gasteiger partial charge on any atom is 0.229 e. The fourth-order valence-electron chi connectivity index (χ4n) is 4.35. The summed E-state index contributed by atoms with van der Waals surface area (Å²) in [6.45, 7) is 0. The molecule has 3 nitrogen and oxygen atoms in total. The first kappa shape index (κ1) is 10.8. The van der Waals surface area contributed by atoms with Gasteiger partial charge in [0.05, 0.1) is 5.02 Å². The molecule has 4 heteroatoms.